The molecule has 1 fully saturated rings. The number of hydrogen-bond donors (Lipinski definition) is 2. The maximum atomic E-state index is 12.6. The number of rotatable bonds is 9. The van der Waals surface area contributed by atoms with Gasteiger partial charge in [0.05, 0.1) is 42.5 Å². The zero-order valence-corrected chi connectivity index (χ0v) is 19.2. The Morgan fingerprint density at radius 1 is 1.05 bits per heavy atom. The van der Waals surface area contributed by atoms with Crippen molar-refractivity contribution in [2.24, 2.45) is 5.92 Å². The van der Waals surface area contributed by atoms with Gasteiger partial charge in [-0.2, -0.15) is 26.3 Å². The molecule has 0 aromatic carbocycles. The van der Waals surface area contributed by atoms with E-state index in [1.54, 1.807) is 22.9 Å². The lowest BCUT2D eigenvalue weighted by Crippen LogP contribution is -2.31. The van der Waals surface area contributed by atoms with Crippen LogP contribution in [0.5, 0.6) is 0 Å². The van der Waals surface area contributed by atoms with Crippen LogP contribution in [-0.2, 0) is 17.8 Å². The van der Waals surface area contributed by atoms with Crippen molar-refractivity contribution in [2.75, 3.05) is 0 Å². The first kappa shape index (κ1) is 26.4. The van der Waals surface area contributed by atoms with Gasteiger partial charge in [-0.3, -0.25) is 19.0 Å². The van der Waals surface area contributed by atoms with E-state index in [4.69, 9.17) is 0 Å². The summed E-state index contributed by atoms with van der Waals surface area (Å²) in [5, 5.41) is 5.23. The Hall–Kier alpha value is -3.71. The summed E-state index contributed by atoms with van der Waals surface area (Å²) < 4.78 is 76.7. The molecular formula is C23H22F6N6O2. The lowest BCUT2D eigenvalue weighted by molar-refractivity contribution is -0.144. The van der Waals surface area contributed by atoms with Gasteiger partial charge < -0.3 is 10.6 Å². The maximum Gasteiger partial charge on any atom is 0.394 e. The third kappa shape index (κ3) is 7.64. The van der Waals surface area contributed by atoms with Gasteiger partial charge in [-0.15, -0.1) is 0 Å². The second-order valence-electron chi connectivity index (χ2n) is 8.80. The van der Waals surface area contributed by atoms with Crippen molar-refractivity contribution in [1.29, 1.82) is 0 Å². The minimum Gasteiger partial charge on any atom is -0.347 e. The Morgan fingerprint density at radius 2 is 1.81 bits per heavy atom. The summed E-state index contributed by atoms with van der Waals surface area (Å²) in [7, 11) is 0. The van der Waals surface area contributed by atoms with Crippen molar-refractivity contribution in [3.63, 3.8) is 0 Å². The van der Waals surface area contributed by atoms with Crippen LogP contribution < -0.4 is 10.6 Å². The molecule has 3 aromatic heterocycles. The first-order chi connectivity index (χ1) is 17.4. The number of amides is 2. The van der Waals surface area contributed by atoms with Crippen LogP contribution in [0.2, 0.25) is 0 Å². The van der Waals surface area contributed by atoms with E-state index in [2.05, 4.69) is 25.6 Å². The second kappa shape index (κ2) is 10.3. The van der Waals surface area contributed by atoms with Crippen LogP contribution in [0.25, 0.3) is 5.78 Å². The van der Waals surface area contributed by atoms with Gasteiger partial charge in [-0.1, -0.05) is 0 Å². The Bertz CT molecular complexity index is 1280. The Labute approximate surface area is 206 Å². The fourth-order valence-electron chi connectivity index (χ4n) is 3.75. The van der Waals surface area contributed by atoms with Crippen LogP contribution in [0.4, 0.5) is 26.3 Å². The third-order valence-corrected chi connectivity index (χ3v) is 5.65. The van der Waals surface area contributed by atoms with E-state index in [9.17, 15) is 35.9 Å². The highest BCUT2D eigenvalue weighted by Crippen LogP contribution is 2.40. The van der Waals surface area contributed by atoms with Gasteiger partial charge in [0.2, 0.25) is 11.7 Å². The predicted molar refractivity (Wildman–Crippen MR) is 117 cm³/mol. The Balaban J connectivity index is 1.40. The van der Waals surface area contributed by atoms with E-state index in [-0.39, 0.29) is 29.5 Å². The molecule has 1 atom stereocenters. The predicted octanol–water partition coefficient (Wildman–Crippen LogP) is 4.07. The van der Waals surface area contributed by atoms with Crippen LogP contribution in [-0.4, -0.2) is 43.5 Å². The minimum atomic E-state index is -4.45. The summed E-state index contributed by atoms with van der Waals surface area (Å²) in [6.45, 7) is -0.0331. The largest absolute Gasteiger partial charge is 0.394 e. The maximum absolute atomic E-state index is 12.6. The Morgan fingerprint density at radius 3 is 2.49 bits per heavy atom. The van der Waals surface area contributed by atoms with E-state index in [0.29, 0.717) is 11.4 Å². The lowest BCUT2D eigenvalue weighted by atomic mass is 10.1. The third-order valence-electron chi connectivity index (χ3n) is 5.65. The molecule has 1 aliphatic carbocycles. The van der Waals surface area contributed by atoms with Crippen LogP contribution in [0.15, 0.2) is 36.8 Å². The highest BCUT2D eigenvalue weighted by molar-refractivity contribution is 5.94. The average molecular weight is 528 g/mol. The van der Waals surface area contributed by atoms with Gasteiger partial charge in [0.1, 0.15) is 0 Å². The number of hydrogen-bond acceptors (Lipinski definition) is 5. The molecule has 0 saturated heterocycles. The van der Waals surface area contributed by atoms with Crippen molar-refractivity contribution in [3.05, 3.63) is 59.4 Å². The molecule has 1 aliphatic rings. The van der Waals surface area contributed by atoms with Gasteiger partial charge in [0.15, 0.2) is 0 Å². The van der Waals surface area contributed by atoms with Gasteiger partial charge in [-0.25, -0.2) is 9.97 Å². The quantitative estimate of drug-likeness (QED) is 0.408. The van der Waals surface area contributed by atoms with Gasteiger partial charge in [0, 0.05) is 30.6 Å². The van der Waals surface area contributed by atoms with Gasteiger partial charge in [-0.05, 0) is 37.0 Å². The average Bonchev–Trinajstić information content (AvgIpc) is 3.56. The molecule has 0 bridgehead atoms. The number of carbonyl (C=O) groups excluding carboxylic acids is 2. The molecule has 1 unspecified atom stereocenters. The highest BCUT2D eigenvalue weighted by atomic mass is 19.4. The fraction of sp³-hybridized carbons (Fsp3) is 0.435. The normalized spacial score (nSPS) is 15.0. The van der Waals surface area contributed by atoms with Crippen molar-refractivity contribution in [2.45, 2.75) is 57.0 Å². The molecule has 37 heavy (non-hydrogen) atoms. The molecular weight excluding hydrogens is 506 g/mol. The minimum absolute atomic E-state index is 0.0203. The standard InChI is InChI=1S/C23H22F6N6O2/c24-22(25,26)6-3-18(36)34-19(13-1-2-13)17-5-8-35-12-16(32-21(35)33-17)11-31-20(37)14-4-7-30-15(9-14)10-23(27,28)29/h4-5,7-9,12-13,19H,1-3,6,10-11H2,(H,31,37)(H,34,36). The highest BCUT2D eigenvalue weighted by Gasteiger charge is 2.35. The number of fused-ring (bicyclic) bond motifs is 1. The van der Waals surface area contributed by atoms with Crippen molar-refractivity contribution < 1.29 is 35.9 Å². The van der Waals surface area contributed by atoms with Crippen LogP contribution >= 0.6 is 0 Å². The first-order valence-electron chi connectivity index (χ1n) is 11.4. The molecule has 3 aromatic rings. The molecule has 3 heterocycles. The number of imidazole rings is 1. The zero-order valence-electron chi connectivity index (χ0n) is 19.2. The zero-order chi connectivity index (χ0) is 26.8. The molecule has 1 saturated carbocycles. The molecule has 198 valence electrons. The van der Waals surface area contributed by atoms with E-state index in [0.717, 1.165) is 25.1 Å². The van der Waals surface area contributed by atoms with E-state index >= 15 is 0 Å². The molecule has 2 N–H and O–H groups in total. The van der Waals surface area contributed by atoms with Crippen molar-refractivity contribution in [1.82, 2.24) is 30.0 Å². The molecule has 0 aliphatic heterocycles. The van der Waals surface area contributed by atoms with E-state index in [1.165, 1.54) is 6.07 Å². The van der Waals surface area contributed by atoms with Crippen LogP contribution in [0.3, 0.4) is 0 Å². The molecule has 8 nitrogen and oxygen atoms in total. The first-order valence-corrected chi connectivity index (χ1v) is 11.4. The second-order valence-corrected chi connectivity index (χ2v) is 8.80. The fourth-order valence-corrected chi connectivity index (χ4v) is 3.75. The van der Waals surface area contributed by atoms with Crippen LogP contribution in [0, 0.1) is 5.92 Å². The van der Waals surface area contributed by atoms with Crippen LogP contribution in [0.1, 0.15) is 59.2 Å². The monoisotopic (exact) mass is 528 g/mol. The lowest BCUT2D eigenvalue weighted by Gasteiger charge is -2.18. The summed E-state index contributed by atoms with van der Waals surface area (Å²) in [6.07, 6.45) is -6.02. The molecule has 0 spiro atoms. The number of alkyl halides is 6. The smallest absolute Gasteiger partial charge is 0.347 e. The van der Waals surface area contributed by atoms with E-state index < -0.39 is 49.5 Å². The molecule has 0 radical (unpaired) electrons. The number of halogens is 6. The van der Waals surface area contributed by atoms with Gasteiger partial charge >= 0.3 is 12.4 Å². The summed E-state index contributed by atoms with van der Waals surface area (Å²) >= 11 is 0. The molecule has 14 heteroatoms. The molecule has 4 rings (SSSR count). The summed E-state index contributed by atoms with van der Waals surface area (Å²) in [5.74, 6) is -0.988. The SMILES string of the molecule is O=C(CCC(F)(F)F)NC(c1ccn2cc(CNC(=O)c3ccnc(CC(F)(F)F)c3)nc2n1)C1CC1. The van der Waals surface area contributed by atoms with Crippen molar-refractivity contribution >= 4 is 17.6 Å². The number of aromatic nitrogens is 4. The summed E-state index contributed by atoms with van der Waals surface area (Å²) in [6, 6.07) is 3.47. The summed E-state index contributed by atoms with van der Waals surface area (Å²) in [5.41, 5.74) is 0.623. The van der Waals surface area contributed by atoms with E-state index in [1.807, 2.05) is 0 Å². The number of carbonyl (C=O) groups is 2. The number of pyridine rings is 1. The Kier molecular flexibility index (Phi) is 7.37. The summed E-state index contributed by atoms with van der Waals surface area (Å²) in [4.78, 5) is 36.9. The number of nitrogens with zero attached hydrogens (tertiary/aromatic N) is 4. The molecule has 2 amide bonds. The number of nitrogens with one attached hydrogen (secondary N) is 2. The van der Waals surface area contributed by atoms with Gasteiger partial charge in [0.25, 0.3) is 5.91 Å². The van der Waals surface area contributed by atoms with Crippen molar-refractivity contribution in [3.8, 4) is 0 Å². The topological polar surface area (TPSA) is 101 Å².